The van der Waals surface area contributed by atoms with Gasteiger partial charge in [-0.15, -0.1) is 11.3 Å². The van der Waals surface area contributed by atoms with E-state index in [1.807, 2.05) is 35.7 Å². The molecular formula is C20H24N2O3S. The van der Waals surface area contributed by atoms with Crippen LogP contribution < -0.4 is 10.6 Å². The smallest absolute Gasteiger partial charge is 0.341 e. The maximum Gasteiger partial charge on any atom is 0.341 e. The molecule has 2 N–H and O–H groups in total. The van der Waals surface area contributed by atoms with Crippen LogP contribution in [0.1, 0.15) is 49.4 Å². The number of carbonyl (C=O) groups excluding carboxylic acids is 2. The number of hydrogen-bond acceptors (Lipinski definition) is 4. The predicted molar refractivity (Wildman–Crippen MR) is 105 cm³/mol. The van der Waals surface area contributed by atoms with Gasteiger partial charge in [-0.2, -0.15) is 0 Å². The quantitative estimate of drug-likeness (QED) is 0.722. The zero-order valence-corrected chi connectivity index (χ0v) is 15.7. The summed E-state index contributed by atoms with van der Waals surface area (Å²) in [6, 6.07) is 9.60. The first-order valence-electron chi connectivity index (χ1n) is 9.10. The lowest BCUT2D eigenvalue weighted by Gasteiger charge is -2.22. The zero-order chi connectivity index (χ0) is 18.4. The van der Waals surface area contributed by atoms with Crippen molar-refractivity contribution in [3.05, 3.63) is 41.3 Å². The van der Waals surface area contributed by atoms with E-state index in [-0.39, 0.29) is 18.7 Å². The van der Waals surface area contributed by atoms with Crippen LogP contribution in [0.4, 0.5) is 9.80 Å². The molecule has 1 fully saturated rings. The summed E-state index contributed by atoms with van der Waals surface area (Å²) in [6.45, 7) is 2.06. The number of rotatable bonds is 5. The van der Waals surface area contributed by atoms with Gasteiger partial charge in [0.05, 0.1) is 6.61 Å². The molecule has 5 nitrogen and oxygen atoms in total. The maximum absolute atomic E-state index is 12.5. The molecule has 1 aliphatic carbocycles. The van der Waals surface area contributed by atoms with Gasteiger partial charge in [-0.3, -0.25) is 5.32 Å². The van der Waals surface area contributed by atoms with Crippen LogP contribution in [0.3, 0.4) is 0 Å². The molecule has 0 bridgehead atoms. The van der Waals surface area contributed by atoms with E-state index in [2.05, 4.69) is 10.6 Å². The molecule has 138 valence electrons. The van der Waals surface area contributed by atoms with Crippen molar-refractivity contribution in [2.24, 2.45) is 0 Å². The standard InChI is InChI=1S/C20H24N2O3S/c1-2-25-19(23)17-16(14-9-5-3-6-10-14)13-26-18(17)22-20(24)21-15-11-7-4-8-12-15/h3,5-6,9-10,13,15H,2,4,7-8,11-12H2,1H3,(H2,21,22,24). The van der Waals surface area contributed by atoms with Gasteiger partial charge in [-0.1, -0.05) is 49.6 Å². The number of anilines is 1. The fourth-order valence-corrected chi connectivity index (χ4v) is 4.21. The first-order valence-corrected chi connectivity index (χ1v) is 9.98. The first-order chi connectivity index (χ1) is 12.7. The van der Waals surface area contributed by atoms with Gasteiger partial charge in [0.25, 0.3) is 0 Å². The van der Waals surface area contributed by atoms with Crippen LogP contribution in [-0.2, 0) is 4.74 Å². The molecule has 6 heteroatoms. The Morgan fingerprint density at radius 3 is 2.58 bits per heavy atom. The molecule has 1 aromatic heterocycles. The maximum atomic E-state index is 12.5. The minimum Gasteiger partial charge on any atom is -0.462 e. The van der Waals surface area contributed by atoms with E-state index >= 15 is 0 Å². The van der Waals surface area contributed by atoms with Crippen molar-refractivity contribution in [2.75, 3.05) is 11.9 Å². The monoisotopic (exact) mass is 372 g/mol. The topological polar surface area (TPSA) is 67.4 Å². The number of amides is 2. The van der Waals surface area contributed by atoms with Gasteiger partial charge in [0.1, 0.15) is 10.6 Å². The Morgan fingerprint density at radius 1 is 1.15 bits per heavy atom. The Balaban J connectivity index is 1.80. The zero-order valence-electron chi connectivity index (χ0n) is 14.9. The van der Waals surface area contributed by atoms with Crippen LogP contribution in [-0.4, -0.2) is 24.6 Å². The van der Waals surface area contributed by atoms with E-state index in [1.165, 1.54) is 17.8 Å². The molecule has 26 heavy (non-hydrogen) atoms. The highest BCUT2D eigenvalue weighted by molar-refractivity contribution is 7.15. The summed E-state index contributed by atoms with van der Waals surface area (Å²) in [5.74, 6) is -0.416. The van der Waals surface area contributed by atoms with Gasteiger partial charge >= 0.3 is 12.0 Å². The fraction of sp³-hybridized carbons (Fsp3) is 0.400. The minimum absolute atomic E-state index is 0.211. The van der Waals surface area contributed by atoms with Crippen molar-refractivity contribution in [3.63, 3.8) is 0 Å². The molecule has 3 rings (SSSR count). The second-order valence-corrected chi connectivity index (χ2v) is 7.25. The summed E-state index contributed by atoms with van der Waals surface area (Å²) in [4.78, 5) is 24.9. The van der Waals surface area contributed by atoms with E-state index in [9.17, 15) is 9.59 Å². The molecule has 1 heterocycles. The fourth-order valence-electron chi connectivity index (χ4n) is 3.26. The summed E-state index contributed by atoms with van der Waals surface area (Å²) < 4.78 is 5.22. The lowest BCUT2D eigenvalue weighted by Crippen LogP contribution is -2.39. The van der Waals surface area contributed by atoms with E-state index in [4.69, 9.17) is 4.74 Å². The summed E-state index contributed by atoms with van der Waals surface area (Å²) in [5.41, 5.74) is 2.12. The number of carbonyl (C=O) groups is 2. The van der Waals surface area contributed by atoms with Crippen LogP contribution in [0.5, 0.6) is 0 Å². The molecule has 1 aliphatic rings. The molecule has 2 amide bonds. The Kier molecular flexibility index (Phi) is 6.28. The van der Waals surface area contributed by atoms with Gasteiger partial charge in [-0.05, 0) is 25.3 Å². The average molecular weight is 372 g/mol. The molecule has 0 spiro atoms. The molecule has 2 aromatic rings. The summed E-state index contributed by atoms with van der Waals surface area (Å²) in [5, 5.41) is 8.28. The summed E-state index contributed by atoms with van der Waals surface area (Å²) in [6.07, 6.45) is 5.56. The number of hydrogen-bond donors (Lipinski definition) is 2. The number of urea groups is 1. The second kappa shape index (κ2) is 8.85. The van der Waals surface area contributed by atoms with Gasteiger partial charge in [0.2, 0.25) is 0 Å². The highest BCUT2D eigenvalue weighted by Gasteiger charge is 2.23. The van der Waals surface area contributed by atoms with Crippen LogP contribution in [0.2, 0.25) is 0 Å². The Labute approximate surface area is 157 Å². The van der Waals surface area contributed by atoms with Gasteiger partial charge < -0.3 is 10.1 Å². The minimum atomic E-state index is -0.416. The van der Waals surface area contributed by atoms with Crippen LogP contribution in [0.15, 0.2) is 35.7 Å². The second-order valence-electron chi connectivity index (χ2n) is 6.37. The molecule has 0 aliphatic heterocycles. The number of esters is 1. The average Bonchev–Trinajstić information content (AvgIpc) is 3.07. The van der Waals surface area contributed by atoms with Crippen molar-refractivity contribution >= 4 is 28.3 Å². The van der Waals surface area contributed by atoms with E-state index < -0.39 is 5.97 Å². The molecule has 1 aromatic carbocycles. The largest absolute Gasteiger partial charge is 0.462 e. The van der Waals surface area contributed by atoms with Crippen LogP contribution in [0.25, 0.3) is 11.1 Å². The number of benzene rings is 1. The number of thiophene rings is 1. The third-order valence-electron chi connectivity index (χ3n) is 4.52. The van der Waals surface area contributed by atoms with Crippen LogP contribution >= 0.6 is 11.3 Å². The Hall–Kier alpha value is -2.34. The summed E-state index contributed by atoms with van der Waals surface area (Å²) >= 11 is 1.34. The molecule has 1 saturated carbocycles. The third-order valence-corrected chi connectivity index (χ3v) is 5.42. The molecular weight excluding hydrogens is 348 g/mol. The third kappa shape index (κ3) is 4.43. The predicted octanol–water partition coefficient (Wildman–Crippen LogP) is 5.05. The molecule has 0 radical (unpaired) electrons. The lowest BCUT2D eigenvalue weighted by atomic mass is 9.96. The van der Waals surface area contributed by atoms with Crippen molar-refractivity contribution < 1.29 is 14.3 Å². The Morgan fingerprint density at radius 2 is 1.88 bits per heavy atom. The number of ether oxygens (including phenoxy) is 1. The van der Waals surface area contributed by atoms with E-state index in [1.54, 1.807) is 6.92 Å². The van der Waals surface area contributed by atoms with Gasteiger partial charge in [-0.25, -0.2) is 9.59 Å². The first kappa shape index (κ1) is 18.5. The van der Waals surface area contributed by atoms with Gasteiger partial charge in [0, 0.05) is 17.0 Å². The van der Waals surface area contributed by atoms with E-state index in [0.29, 0.717) is 10.6 Å². The normalized spacial score (nSPS) is 14.7. The van der Waals surface area contributed by atoms with Crippen LogP contribution in [0, 0.1) is 0 Å². The Bertz CT molecular complexity index is 752. The number of nitrogens with one attached hydrogen (secondary N) is 2. The van der Waals surface area contributed by atoms with E-state index in [0.717, 1.165) is 36.8 Å². The summed E-state index contributed by atoms with van der Waals surface area (Å²) in [7, 11) is 0. The lowest BCUT2D eigenvalue weighted by molar-refractivity contribution is 0.0529. The molecule has 0 unspecified atom stereocenters. The molecule has 0 atom stereocenters. The highest BCUT2D eigenvalue weighted by atomic mass is 32.1. The molecule has 0 saturated heterocycles. The van der Waals surface area contributed by atoms with Crippen molar-refractivity contribution in [1.82, 2.24) is 5.32 Å². The SMILES string of the molecule is CCOC(=O)c1c(-c2ccccc2)csc1NC(=O)NC1CCCCC1. The highest BCUT2D eigenvalue weighted by Crippen LogP contribution is 2.36. The van der Waals surface area contributed by atoms with Gasteiger partial charge in [0.15, 0.2) is 0 Å². The van der Waals surface area contributed by atoms with Crippen molar-refractivity contribution in [3.8, 4) is 11.1 Å². The van der Waals surface area contributed by atoms with Crippen molar-refractivity contribution in [1.29, 1.82) is 0 Å². The van der Waals surface area contributed by atoms with Crippen molar-refractivity contribution in [2.45, 2.75) is 45.1 Å².